The molecule has 0 radical (unpaired) electrons. The van der Waals surface area contributed by atoms with Crippen molar-refractivity contribution in [1.82, 2.24) is 4.90 Å². The summed E-state index contributed by atoms with van der Waals surface area (Å²) >= 11 is 0. The molecular formula is C13H17NO. The van der Waals surface area contributed by atoms with Crippen LogP contribution in [-0.2, 0) is 0 Å². The monoisotopic (exact) mass is 203 g/mol. The van der Waals surface area contributed by atoms with E-state index < -0.39 is 0 Å². The fourth-order valence-corrected chi connectivity index (χ4v) is 1.99. The lowest BCUT2D eigenvalue weighted by Gasteiger charge is -2.32. The van der Waals surface area contributed by atoms with Crippen LogP contribution in [0, 0.1) is 0 Å². The summed E-state index contributed by atoms with van der Waals surface area (Å²) < 4.78 is 0. The molecule has 80 valence electrons. The summed E-state index contributed by atoms with van der Waals surface area (Å²) in [6.45, 7) is 3.83. The molecule has 0 bridgehead atoms. The van der Waals surface area contributed by atoms with Gasteiger partial charge in [-0.1, -0.05) is 42.5 Å². The molecule has 2 rings (SSSR count). The van der Waals surface area contributed by atoms with Gasteiger partial charge in [-0.05, 0) is 12.5 Å². The first-order chi connectivity index (χ1) is 7.27. The summed E-state index contributed by atoms with van der Waals surface area (Å²) in [4.78, 5) is 2.28. The standard InChI is InChI=1S/C13H17NO/c1-11(12-6-3-2-4-7-12)14-9-5-8-13(15)10-14/h2-8,11,13,15H,9-10H2,1H3. The highest BCUT2D eigenvalue weighted by molar-refractivity contribution is 5.19. The Morgan fingerprint density at radius 1 is 1.33 bits per heavy atom. The fourth-order valence-electron chi connectivity index (χ4n) is 1.99. The van der Waals surface area contributed by atoms with Crippen LogP contribution in [0.3, 0.4) is 0 Å². The molecule has 1 aliphatic heterocycles. The van der Waals surface area contributed by atoms with E-state index in [0.29, 0.717) is 6.04 Å². The third-order valence-corrected chi connectivity index (χ3v) is 2.95. The van der Waals surface area contributed by atoms with Gasteiger partial charge in [-0.3, -0.25) is 4.90 Å². The van der Waals surface area contributed by atoms with Gasteiger partial charge < -0.3 is 5.11 Å². The Bertz CT molecular complexity index is 334. The first-order valence-electron chi connectivity index (χ1n) is 5.41. The minimum atomic E-state index is -0.315. The average molecular weight is 203 g/mol. The lowest BCUT2D eigenvalue weighted by molar-refractivity contribution is 0.119. The van der Waals surface area contributed by atoms with Crippen molar-refractivity contribution in [2.45, 2.75) is 19.1 Å². The molecule has 0 fully saturated rings. The van der Waals surface area contributed by atoms with E-state index in [0.717, 1.165) is 13.1 Å². The molecule has 0 saturated carbocycles. The van der Waals surface area contributed by atoms with E-state index in [1.54, 1.807) is 0 Å². The first-order valence-corrected chi connectivity index (χ1v) is 5.41. The van der Waals surface area contributed by atoms with Crippen molar-refractivity contribution >= 4 is 0 Å². The number of benzene rings is 1. The Kier molecular flexibility index (Phi) is 3.19. The van der Waals surface area contributed by atoms with Gasteiger partial charge in [0.15, 0.2) is 0 Å². The van der Waals surface area contributed by atoms with Crippen molar-refractivity contribution < 1.29 is 5.11 Å². The molecule has 1 aromatic carbocycles. The van der Waals surface area contributed by atoms with Crippen LogP contribution in [-0.4, -0.2) is 29.2 Å². The molecule has 2 heteroatoms. The Hall–Kier alpha value is -1.12. The molecule has 2 atom stereocenters. The summed E-state index contributed by atoms with van der Waals surface area (Å²) in [6.07, 6.45) is 3.59. The van der Waals surface area contributed by atoms with Crippen LogP contribution in [0.4, 0.5) is 0 Å². The minimum absolute atomic E-state index is 0.315. The van der Waals surface area contributed by atoms with E-state index >= 15 is 0 Å². The van der Waals surface area contributed by atoms with E-state index in [-0.39, 0.29) is 6.10 Å². The topological polar surface area (TPSA) is 23.5 Å². The molecular weight excluding hydrogens is 186 g/mol. The van der Waals surface area contributed by atoms with Crippen molar-refractivity contribution in [3.8, 4) is 0 Å². The molecule has 0 spiro atoms. The normalized spacial score (nSPS) is 24.0. The molecule has 1 heterocycles. The summed E-state index contributed by atoms with van der Waals surface area (Å²) in [5.41, 5.74) is 1.31. The van der Waals surface area contributed by atoms with Gasteiger partial charge in [0.1, 0.15) is 0 Å². The van der Waals surface area contributed by atoms with Gasteiger partial charge in [0.2, 0.25) is 0 Å². The van der Waals surface area contributed by atoms with Crippen LogP contribution in [0.15, 0.2) is 42.5 Å². The zero-order valence-electron chi connectivity index (χ0n) is 9.00. The highest BCUT2D eigenvalue weighted by Gasteiger charge is 2.19. The predicted octanol–water partition coefficient (Wildman–Crippen LogP) is 1.98. The van der Waals surface area contributed by atoms with Gasteiger partial charge in [-0.25, -0.2) is 0 Å². The third kappa shape index (κ3) is 2.46. The Morgan fingerprint density at radius 2 is 2.07 bits per heavy atom. The minimum Gasteiger partial charge on any atom is -0.388 e. The zero-order valence-corrected chi connectivity index (χ0v) is 9.00. The summed E-state index contributed by atoms with van der Waals surface area (Å²) in [6, 6.07) is 10.8. The molecule has 2 unspecified atom stereocenters. The number of aliphatic hydroxyl groups excluding tert-OH is 1. The maximum absolute atomic E-state index is 9.55. The van der Waals surface area contributed by atoms with Gasteiger partial charge in [-0.2, -0.15) is 0 Å². The average Bonchev–Trinajstić information content (AvgIpc) is 2.29. The van der Waals surface area contributed by atoms with Gasteiger partial charge in [0.05, 0.1) is 6.10 Å². The van der Waals surface area contributed by atoms with E-state index in [4.69, 9.17) is 0 Å². The van der Waals surface area contributed by atoms with Gasteiger partial charge >= 0.3 is 0 Å². The summed E-state index contributed by atoms with van der Waals surface area (Å²) in [5, 5.41) is 9.55. The Labute approximate surface area is 90.8 Å². The molecule has 2 nitrogen and oxygen atoms in total. The number of hydrogen-bond donors (Lipinski definition) is 1. The second-order valence-corrected chi connectivity index (χ2v) is 4.04. The molecule has 0 aliphatic carbocycles. The number of β-amino-alcohol motifs (C(OH)–C–C–N with tert-alkyl or cyclic N) is 1. The number of aliphatic hydroxyl groups is 1. The maximum Gasteiger partial charge on any atom is 0.0848 e. The Balaban J connectivity index is 2.08. The second kappa shape index (κ2) is 4.60. The van der Waals surface area contributed by atoms with Crippen LogP contribution < -0.4 is 0 Å². The largest absolute Gasteiger partial charge is 0.388 e. The van der Waals surface area contributed by atoms with Crippen molar-refractivity contribution in [2.24, 2.45) is 0 Å². The SMILES string of the molecule is CC(c1ccccc1)N1CC=CC(O)C1. The van der Waals surface area contributed by atoms with E-state index in [1.807, 2.05) is 18.2 Å². The van der Waals surface area contributed by atoms with Crippen LogP contribution >= 0.6 is 0 Å². The summed E-state index contributed by atoms with van der Waals surface area (Å²) in [5.74, 6) is 0. The lowest BCUT2D eigenvalue weighted by Crippen LogP contribution is -2.36. The highest BCUT2D eigenvalue weighted by Crippen LogP contribution is 2.21. The number of nitrogens with zero attached hydrogens (tertiary/aromatic N) is 1. The van der Waals surface area contributed by atoms with Crippen molar-refractivity contribution in [3.05, 3.63) is 48.0 Å². The quantitative estimate of drug-likeness (QED) is 0.743. The fraction of sp³-hybridized carbons (Fsp3) is 0.385. The van der Waals surface area contributed by atoms with E-state index in [9.17, 15) is 5.11 Å². The van der Waals surface area contributed by atoms with Crippen molar-refractivity contribution in [2.75, 3.05) is 13.1 Å². The first kappa shape index (κ1) is 10.4. The molecule has 1 aromatic rings. The zero-order chi connectivity index (χ0) is 10.7. The van der Waals surface area contributed by atoms with Gasteiger partial charge in [0.25, 0.3) is 0 Å². The summed E-state index contributed by atoms with van der Waals surface area (Å²) in [7, 11) is 0. The van der Waals surface area contributed by atoms with Crippen LogP contribution in [0.1, 0.15) is 18.5 Å². The van der Waals surface area contributed by atoms with Crippen LogP contribution in [0.2, 0.25) is 0 Å². The second-order valence-electron chi connectivity index (χ2n) is 4.04. The van der Waals surface area contributed by atoms with Crippen LogP contribution in [0.25, 0.3) is 0 Å². The molecule has 0 aromatic heterocycles. The molecule has 1 N–H and O–H groups in total. The molecule has 0 saturated heterocycles. The molecule has 0 amide bonds. The van der Waals surface area contributed by atoms with Crippen LogP contribution in [0.5, 0.6) is 0 Å². The van der Waals surface area contributed by atoms with E-state index in [1.165, 1.54) is 5.56 Å². The number of hydrogen-bond acceptors (Lipinski definition) is 2. The molecule has 1 aliphatic rings. The highest BCUT2D eigenvalue weighted by atomic mass is 16.3. The third-order valence-electron chi connectivity index (χ3n) is 2.95. The lowest BCUT2D eigenvalue weighted by atomic mass is 10.1. The molecule has 15 heavy (non-hydrogen) atoms. The van der Waals surface area contributed by atoms with Gasteiger partial charge in [-0.15, -0.1) is 0 Å². The Morgan fingerprint density at radius 3 is 2.73 bits per heavy atom. The maximum atomic E-state index is 9.55. The van der Waals surface area contributed by atoms with Crippen molar-refractivity contribution in [3.63, 3.8) is 0 Å². The van der Waals surface area contributed by atoms with E-state index in [2.05, 4.69) is 36.1 Å². The predicted molar refractivity (Wildman–Crippen MR) is 61.6 cm³/mol. The number of rotatable bonds is 2. The van der Waals surface area contributed by atoms with Gasteiger partial charge in [0, 0.05) is 19.1 Å². The van der Waals surface area contributed by atoms with Crippen molar-refractivity contribution in [1.29, 1.82) is 0 Å². The smallest absolute Gasteiger partial charge is 0.0848 e.